The first-order valence-corrected chi connectivity index (χ1v) is 11.0. The van der Waals surface area contributed by atoms with Gasteiger partial charge in [-0.15, -0.1) is 0 Å². The highest BCUT2D eigenvalue weighted by Crippen LogP contribution is 2.27. The number of fused-ring (bicyclic) bond motifs is 1. The Kier molecular flexibility index (Phi) is 6.54. The lowest BCUT2D eigenvalue weighted by atomic mass is 10.0. The molecule has 4 amide bonds. The summed E-state index contributed by atoms with van der Waals surface area (Å²) >= 11 is 0. The minimum Gasteiger partial charge on any atom is -0.330 e. The molecule has 1 atom stereocenters. The molecule has 0 aromatic heterocycles. The van der Waals surface area contributed by atoms with Gasteiger partial charge in [0.05, 0.1) is 17.2 Å². The van der Waals surface area contributed by atoms with Gasteiger partial charge in [0.1, 0.15) is 6.54 Å². The molecule has 7 nitrogen and oxygen atoms in total. The number of nitrogens with zero attached hydrogens (tertiary/aromatic N) is 2. The Balaban J connectivity index is 1.61. The molecule has 1 aliphatic heterocycles. The molecule has 0 spiro atoms. The van der Waals surface area contributed by atoms with E-state index in [4.69, 9.17) is 0 Å². The monoisotopic (exact) mass is 455 g/mol. The van der Waals surface area contributed by atoms with Gasteiger partial charge in [0.15, 0.2) is 0 Å². The topological polar surface area (TPSA) is 86.8 Å². The summed E-state index contributed by atoms with van der Waals surface area (Å²) in [5.74, 6) is -1.47. The van der Waals surface area contributed by atoms with Gasteiger partial charge >= 0.3 is 0 Å². The van der Waals surface area contributed by atoms with Gasteiger partial charge in [0.2, 0.25) is 11.8 Å². The van der Waals surface area contributed by atoms with Crippen molar-refractivity contribution in [1.29, 1.82) is 0 Å². The Morgan fingerprint density at radius 1 is 0.882 bits per heavy atom. The molecule has 0 saturated carbocycles. The van der Waals surface area contributed by atoms with Gasteiger partial charge in [0.25, 0.3) is 11.8 Å². The average molecular weight is 456 g/mol. The highest BCUT2D eigenvalue weighted by Gasteiger charge is 2.37. The molecule has 34 heavy (non-hydrogen) atoms. The molecule has 0 saturated heterocycles. The number of rotatable bonds is 7. The smallest absolute Gasteiger partial charge is 0.262 e. The average Bonchev–Trinajstić information content (AvgIpc) is 3.07. The normalized spacial score (nSPS) is 13.4. The number of anilines is 1. The van der Waals surface area contributed by atoms with E-state index in [0.717, 1.165) is 16.0 Å². The van der Waals surface area contributed by atoms with Crippen LogP contribution in [0.25, 0.3) is 0 Å². The van der Waals surface area contributed by atoms with Crippen LogP contribution in [0.2, 0.25) is 0 Å². The number of hydrogen-bond donors (Lipinski definition) is 1. The summed E-state index contributed by atoms with van der Waals surface area (Å²) in [6, 6.07) is 23.0. The Labute approximate surface area is 198 Å². The number of benzene rings is 3. The van der Waals surface area contributed by atoms with Gasteiger partial charge in [-0.25, -0.2) is 0 Å². The lowest BCUT2D eigenvalue weighted by molar-refractivity contribution is -0.134. The summed E-state index contributed by atoms with van der Waals surface area (Å²) in [5.41, 5.74) is 2.99. The molecule has 1 N–H and O–H groups in total. The maximum atomic E-state index is 13.5. The van der Waals surface area contributed by atoms with Crippen LogP contribution in [-0.4, -0.2) is 40.0 Å². The van der Waals surface area contributed by atoms with Gasteiger partial charge < -0.3 is 10.2 Å². The number of carbonyl (C=O) groups is 4. The fourth-order valence-corrected chi connectivity index (χ4v) is 4.09. The third-order valence-electron chi connectivity index (χ3n) is 5.84. The maximum Gasteiger partial charge on any atom is 0.262 e. The fraction of sp³-hybridized carbons (Fsp3) is 0.185. The van der Waals surface area contributed by atoms with E-state index in [-0.39, 0.29) is 24.4 Å². The maximum absolute atomic E-state index is 13.5. The van der Waals surface area contributed by atoms with Gasteiger partial charge in [0, 0.05) is 19.2 Å². The Morgan fingerprint density at radius 2 is 1.50 bits per heavy atom. The van der Waals surface area contributed by atoms with E-state index in [1.165, 1.54) is 6.92 Å². The van der Waals surface area contributed by atoms with E-state index in [2.05, 4.69) is 5.32 Å². The number of nitrogens with one attached hydrogen (secondary N) is 1. The Morgan fingerprint density at radius 3 is 2.12 bits per heavy atom. The lowest BCUT2D eigenvalue weighted by Crippen LogP contribution is -2.43. The molecule has 4 rings (SSSR count). The summed E-state index contributed by atoms with van der Waals surface area (Å²) in [4.78, 5) is 53.3. The SMILES string of the molecule is CC(=O)Nc1cccc(C(C)N(Cc2ccccc2)C(=O)CN2C(=O)c3ccccc3C2=O)c1. The van der Waals surface area contributed by atoms with Crippen LogP contribution in [0.5, 0.6) is 0 Å². The molecule has 3 aromatic carbocycles. The zero-order valence-corrected chi connectivity index (χ0v) is 19.0. The molecular weight excluding hydrogens is 430 g/mol. The fourth-order valence-electron chi connectivity index (χ4n) is 4.09. The van der Waals surface area contributed by atoms with Crippen molar-refractivity contribution < 1.29 is 19.2 Å². The lowest BCUT2D eigenvalue weighted by Gasteiger charge is -2.31. The molecule has 7 heteroatoms. The van der Waals surface area contributed by atoms with Crippen molar-refractivity contribution in [2.75, 3.05) is 11.9 Å². The molecule has 0 radical (unpaired) electrons. The predicted molar refractivity (Wildman–Crippen MR) is 128 cm³/mol. The zero-order valence-electron chi connectivity index (χ0n) is 19.0. The van der Waals surface area contributed by atoms with Crippen molar-refractivity contribution in [3.63, 3.8) is 0 Å². The largest absolute Gasteiger partial charge is 0.330 e. The quantitative estimate of drug-likeness (QED) is 0.545. The minimum atomic E-state index is -0.464. The molecule has 3 aromatic rings. The summed E-state index contributed by atoms with van der Waals surface area (Å²) in [6.45, 7) is 3.27. The second-order valence-electron chi connectivity index (χ2n) is 8.23. The van der Waals surface area contributed by atoms with Crippen molar-refractivity contribution in [2.24, 2.45) is 0 Å². The zero-order chi connectivity index (χ0) is 24.2. The number of hydrogen-bond acceptors (Lipinski definition) is 4. The third-order valence-corrected chi connectivity index (χ3v) is 5.84. The molecule has 0 bridgehead atoms. The van der Waals surface area contributed by atoms with E-state index in [1.807, 2.05) is 55.5 Å². The van der Waals surface area contributed by atoms with Crippen LogP contribution in [0.15, 0.2) is 78.9 Å². The van der Waals surface area contributed by atoms with Crippen LogP contribution in [-0.2, 0) is 16.1 Å². The van der Waals surface area contributed by atoms with E-state index >= 15 is 0 Å². The van der Waals surface area contributed by atoms with Crippen LogP contribution in [0, 0.1) is 0 Å². The summed E-state index contributed by atoms with van der Waals surface area (Å²) < 4.78 is 0. The molecule has 0 aliphatic carbocycles. The molecule has 1 heterocycles. The van der Waals surface area contributed by atoms with Crippen LogP contribution >= 0.6 is 0 Å². The number of carbonyl (C=O) groups excluding carboxylic acids is 4. The van der Waals surface area contributed by atoms with Crippen LogP contribution in [0.4, 0.5) is 5.69 Å². The number of imide groups is 1. The van der Waals surface area contributed by atoms with Crippen molar-refractivity contribution in [1.82, 2.24) is 9.80 Å². The van der Waals surface area contributed by atoms with Crippen LogP contribution in [0.1, 0.15) is 51.7 Å². The highest BCUT2D eigenvalue weighted by molar-refractivity contribution is 6.22. The molecule has 1 aliphatic rings. The van der Waals surface area contributed by atoms with Crippen molar-refractivity contribution in [3.05, 3.63) is 101 Å². The highest BCUT2D eigenvalue weighted by atomic mass is 16.2. The van der Waals surface area contributed by atoms with E-state index in [9.17, 15) is 19.2 Å². The summed E-state index contributed by atoms with van der Waals surface area (Å²) in [6.07, 6.45) is 0. The molecular formula is C27H25N3O4. The van der Waals surface area contributed by atoms with Crippen LogP contribution in [0.3, 0.4) is 0 Å². The third kappa shape index (κ3) is 4.73. The van der Waals surface area contributed by atoms with Crippen molar-refractivity contribution in [2.45, 2.75) is 26.4 Å². The van der Waals surface area contributed by atoms with E-state index in [0.29, 0.717) is 23.4 Å². The standard InChI is InChI=1S/C27H25N3O4/c1-18(21-11-8-12-22(15-21)28-19(2)31)29(16-20-9-4-3-5-10-20)25(32)17-30-26(33)23-13-6-7-14-24(23)27(30)34/h3-15,18H,16-17H2,1-2H3,(H,28,31). The van der Waals surface area contributed by atoms with Crippen molar-refractivity contribution in [3.8, 4) is 0 Å². The second-order valence-corrected chi connectivity index (χ2v) is 8.23. The Bertz CT molecular complexity index is 1220. The molecule has 0 fully saturated rings. The predicted octanol–water partition coefficient (Wildman–Crippen LogP) is 4.03. The van der Waals surface area contributed by atoms with Crippen LogP contribution < -0.4 is 5.32 Å². The summed E-state index contributed by atoms with van der Waals surface area (Å²) in [5, 5.41) is 2.76. The first-order chi connectivity index (χ1) is 16.3. The molecule has 172 valence electrons. The van der Waals surface area contributed by atoms with E-state index in [1.54, 1.807) is 35.2 Å². The van der Waals surface area contributed by atoms with E-state index < -0.39 is 11.8 Å². The second kappa shape index (κ2) is 9.70. The van der Waals surface area contributed by atoms with Gasteiger partial charge in [-0.1, -0.05) is 54.6 Å². The van der Waals surface area contributed by atoms with Gasteiger partial charge in [-0.2, -0.15) is 0 Å². The summed E-state index contributed by atoms with van der Waals surface area (Å²) in [7, 11) is 0. The van der Waals surface area contributed by atoms with Crippen molar-refractivity contribution >= 4 is 29.3 Å². The minimum absolute atomic E-state index is 0.187. The molecule has 1 unspecified atom stereocenters. The first kappa shape index (κ1) is 22.9. The first-order valence-electron chi connectivity index (χ1n) is 11.0. The Hall–Kier alpha value is -4.26. The van der Waals surface area contributed by atoms with Gasteiger partial charge in [-0.3, -0.25) is 24.1 Å². The van der Waals surface area contributed by atoms with Gasteiger partial charge in [-0.05, 0) is 42.3 Å². The number of amides is 4.